The van der Waals surface area contributed by atoms with Crippen molar-refractivity contribution in [3.05, 3.63) is 90.0 Å². The molecule has 0 aliphatic heterocycles. The largest absolute Gasteiger partial charge is 0.490 e. The summed E-state index contributed by atoms with van der Waals surface area (Å²) < 4.78 is 11.0. The number of amides is 3. The molecule has 0 saturated heterocycles. The summed E-state index contributed by atoms with van der Waals surface area (Å²) >= 11 is 0. The number of nitrogens with one attached hydrogen (secondary N) is 3. The summed E-state index contributed by atoms with van der Waals surface area (Å²) in [5.74, 6) is 0.296. The lowest BCUT2D eigenvalue weighted by Crippen LogP contribution is -2.27. The van der Waals surface area contributed by atoms with Crippen molar-refractivity contribution >= 4 is 23.3 Å². The van der Waals surface area contributed by atoms with Crippen molar-refractivity contribution in [3.8, 4) is 5.75 Å². The van der Waals surface area contributed by atoms with E-state index in [1.807, 2.05) is 62.4 Å². The molecular formula is C26H29N3O4. The first-order valence-corrected chi connectivity index (χ1v) is 10.9. The van der Waals surface area contributed by atoms with Gasteiger partial charge in [0.05, 0.1) is 18.2 Å². The van der Waals surface area contributed by atoms with E-state index in [0.717, 1.165) is 5.56 Å². The summed E-state index contributed by atoms with van der Waals surface area (Å²) in [6.07, 6.45) is 0. The van der Waals surface area contributed by atoms with Crippen LogP contribution in [-0.2, 0) is 4.74 Å². The molecule has 172 valence electrons. The molecular weight excluding hydrogens is 418 g/mol. The second kappa shape index (κ2) is 12.3. The van der Waals surface area contributed by atoms with Crippen molar-refractivity contribution in [2.45, 2.75) is 19.9 Å². The molecule has 1 atom stereocenters. The number of hydrogen-bond acceptors (Lipinski definition) is 4. The minimum atomic E-state index is -0.323. The number of para-hydroxylation sites is 2. The van der Waals surface area contributed by atoms with Gasteiger partial charge in [0, 0.05) is 18.0 Å². The number of urea groups is 1. The molecule has 0 aromatic heterocycles. The maximum Gasteiger partial charge on any atom is 0.323 e. The second-order valence-electron chi connectivity index (χ2n) is 7.30. The minimum absolute atomic E-state index is 0.223. The Morgan fingerprint density at radius 3 is 2.15 bits per heavy atom. The molecule has 33 heavy (non-hydrogen) atoms. The molecule has 0 saturated carbocycles. The van der Waals surface area contributed by atoms with Crippen molar-refractivity contribution in [2.75, 3.05) is 30.5 Å². The first-order valence-electron chi connectivity index (χ1n) is 10.9. The van der Waals surface area contributed by atoms with Crippen molar-refractivity contribution in [1.29, 1.82) is 0 Å². The smallest absolute Gasteiger partial charge is 0.323 e. The van der Waals surface area contributed by atoms with E-state index in [-0.39, 0.29) is 18.0 Å². The number of ether oxygens (including phenoxy) is 2. The van der Waals surface area contributed by atoms with Gasteiger partial charge in [-0.1, -0.05) is 42.5 Å². The van der Waals surface area contributed by atoms with E-state index >= 15 is 0 Å². The number of rotatable bonds is 10. The Hall–Kier alpha value is -3.84. The molecule has 0 aliphatic rings. The average molecular weight is 448 g/mol. The van der Waals surface area contributed by atoms with Gasteiger partial charge in [-0.2, -0.15) is 0 Å². The van der Waals surface area contributed by atoms with Gasteiger partial charge in [0.1, 0.15) is 12.4 Å². The van der Waals surface area contributed by atoms with Gasteiger partial charge in [0.2, 0.25) is 0 Å². The third-order valence-electron chi connectivity index (χ3n) is 4.87. The number of anilines is 2. The van der Waals surface area contributed by atoms with Crippen molar-refractivity contribution in [3.63, 3.8) is 0 Å². The predicted molar refractivity (Wildman–Crippen MR) is 130 cm³/mol. The molecule has 1 unspecified atom stereocenters. The van der Waals surface area contributed by atoms with E-state index in [0.29, 0.717) is 42.5 Å². The molecule has 7 nitrogen and oxygen atoms in total. The summed E-state index contributed by atoms with van der Waals surface area (Å²) in [6, 6.07) is 23.1. The number of carbonyl (C=O) groups excluding carboxylic acids is 2. The SMILES string of the molecule is CCOCCOc1ccccc1C(=O)NC(C)c1ccc(NC(=O)Nc2ccccc2)cc1. The van der Waals surface area contributed by atoms with Gasteiger partial charge in [0.25, 0.3) is 5.91 Å². The van der Waals surface area contributed by atoms with Gasteiger partial charge >= 0.3 is 6.03 Å². The zero-order valence-electron chi connectivity index (χ0n) is 18.8. The molecule has 7 heteroatoms. The van der Waals surface area contributed by atoms with E-state index in [4.69, 9.17) is 9.47 Å². The number of hydrogen-bond donors (Lipinski definition) is 3. The van der Waals surface area contributed by atoms with Crippen LogP contribution in [0.5, 0.6) is 5.75 Å². The summed E-state index contributed by atoms with van der Waals surface area (Å²) in [5, 5.41) is 8.56. The molecule has 3 aromatic rings. The summed E-state index contributed by atoms with van der Waals surface area (Å²) in [4.78, 5) is 25.0. The molecule has 3 rings (SSSR count). The van der Waals surface area contributed by atoms with Gasteiger partial charge in [-0.3, -0.25) is 4.79 Å². The highest BCUT2D eigenvalue weighted by Crippen LogP contribution is 2.21. The van der Waals surface area contributed by atoms with Crippen LogP contribution in [-0.4, -0.2) is 31.8 Å². The lowest BCUT2D eigenvalue weighted by molar-refractivity contribution is 0.0923. The van der Waals surface area contributed by atoms with Crippen molar-refractivity contribution in [1.82, 2.24) is 5.32 Å². The molecule has 0 fully saturated rings. The molecule has 0 radical (unpaired) electrons. The van der Waals surface area contributed by atoms with Crippen molar-refractivity contribution < 1.29 is 19.1 Å². The topological polar surface area (TPSA) is 88.7 Å². The van der Waals surface area contributed by atoms with Crippen LogP contribution in [0.2, 0.25) is 0 Å². The molecule has 0 spiro atoms. The van der Waals surface area contributed by atoms with Crippen LogP contribution in [0.15, 0.2) is 78.9 Å². The zero-order valence-corrected chi connectivity index (χ0v) is 18.8. The van der Waals surface area contributed by atoms with Crippen LogP contribution >= 0.6 is 0 Å². The first kappa shape index (κ1) is 23.8. The van der Waals surface area contributed by atoms with Gasteiger partial charge < -0.3 is 25.4 Å². The third kappa shape index (κ3) is 7.36. The summed E-state index contributed by atoms with van der Waals surface area (Å²) in [5.41, 5.74) is 2.74. The Morgan fingerprint density at radius 1 is 0.818 bits per heavy atom. The average Bonchev–Trinajstić information content (AvgIpc) is 2.83. The lowest BCUT2D eigenvalue weighted by atomic mass is 10.1. The van der Waals surface area contributed by atoms with E-state index in [2.05, 4.69) is 16.0 Å². The van der Waals surface area contributed by atoms with Crippen LogP contribution in [0.25, 0.3) is 0 Å². The van der Waals surface area contributed by atoms with Crippen LogP contribution in [0, 0.1) is 0 Å². The van der Waals surface area contributed by atoms with Crippen molar-refractivity contribution in [2.24, 2.45) is 0 Å². The van der Waals surface area contributed by atoms with Gasteiger partial charge in [-0.25, -0.2) is 4.79 Å². The Morgan fingerprint density at radius 2 is 1.45 bits per heavy atom. The third-order valence-corrected chi connectivity index (χ3v) is 4.87. The van der Waals surface area contributed by atoms with Crippen LogP contribution in [0.1, 0.15) is 35.8 Å². The molecule has 0 heterocycles. The fourth-order valence-electron chi connectivity index (χ4n) is 3.16. The van der Waals surface area contributed by atoms with Gasteiger partial charge in [0.15, 0.2) is 0 Å². The lowest BCUT2D eigenvalue weighted by Gasteiger charge is -2.17. The highest BCUT2D eigenvalue weighted by Gasteiger charge is 2.16. The summed E-state index contributed by atoms with van der Waals surface area (Å²) in [7, 11) is 0. The highest BCUT2D eigenvalue weighted by molar-refractivity contribution is 5.99. The summed E-state index contributed by atoms with van der Waals surface area (Å²) in [6.45, 7) is 5.29. The molecule has 3 amide bonds. The van der Waals surface area contributed by atoms with E-state index in [1.54, 1.807) is 30.3 Å². The first-order chi connectivity index (χ1) is 16.1. The standard InChI is InChI=1S/C26H29N3O4/c1-3-32-17-18-33-24-12-8-7-11-23(24)25(30)27-19(2)20-13-15-22(16-14-20)29-26(31)28-21-9-5-4-6-10-21/h4-16,19H,3,17-18H2,1-2H3,(H,27,30)(H2,28,29,31). The Labute approximate surface area is 194 Å². The molecule has 0 bridgehead atoms. The van der Waals surface area contributed by atoms with Gasteiger partial charge in [-0.15, -0.1) is 0 Å². The minimum Gasteiger partial charge on any atom is -0.490 e. The molecule has 0 aliphatic carbocycles. The molecule has 3 N–H and O–H groups in total. The Balaban J connectivity index is 1.55. The fraction of sp³-hybridized carbons (Fsp3) is 0.231. The predicted octanol–water partition coefficient (Wildman–Crippen LogP) is 5.24. The van der Waals surface area contributed by atoms with E-state index < -0.39 is 0 Å². The highest BCUT2D eigenvalue weighted by atomic mass is 16.5. The second-order valence-corrected chi connectivity index (χ2v) is 7.30. The van der Waals surface area contributed by atoms with E-state index in [9.17, 15) is 9.59 Å². The van der Waals surface area contributed by atoms with Crippen LogP contribution < -0.4 is 20.7 Å². The number of carbonyl (C=O) groups is 2. The maximum absolute atomic E-state index is 12.8. The molecule has 3 aromatic carbocycles. The Bertz CT molecular complexity index is 1040. The van der Waals surface area contributed by atoms with Crippen LogP contribution in [0.4, 0.5) is 16.2 Å². The van der Waals surface area contributed by atoms with Gasteiger partial charge in [-0.05, 0) is 55.8 Å². The monoisotopic (exact) mass is 447 g/mol. The quantitative estimate of drug-likeness (QED) is 0.371. The zero-order chi connectivity index (χ0) is 23.5. The fourth-order valence-corrected chi connectivity index (χ4v) is 3.16. The van der Waals surface area contributed by atoms with Crippen LogP contribution in [0.3, 0.4) is 0 Å². The number of benzene rings is 3. The maximum atomic E-state index is 12.8. The normalized spacial score (nSPS) is 11.3. The van der Waals surface area contributed by atoms with E-state index in [1.165, 1.54) is 0 Å². The Kier molecular flexibility index (Phi) is 8.85.